The Balaban J connectivity index is 2.57. The SMILES string of the molecule is CCNC(=O)Cn1cccc1CN. The van der Waals surface area contributed by atoms with E-state index >= 15 is 0 Å². The Labute approximate surface area is 77.7 Å². The fraction of sp³-hybridized carbons (Fsp3) is 0.444. The van der Waals surface area contributed by atoms with E-state index in [0.717, 1.165) is 5.69 Å². The highest BCUT2D eigenvalue weighted by Gasteiger charge is 2.03. The molecular weight excluding hydrogens is 166 g/mol. The van der Waals surface area contributed by atoms with E-state index in [0.29, 0.717) is 19.6 Å². The Kier molecular flexibility index (Phi) is 3.52. The molecule has 0 aliphatic carbocycles. The van der Waals surface area contributed by atoms with Gasteiger partial charge in [0.1, 0.15) is 6.54 Å². The number of nitrogens with two attached hydrogens (primary N) is 1. The quantitative estimate of drug-likeness (QED) is 0.691. The average molecular weight is 181 g/mol. The van der Waals surface area contributed by atoms with Gasteiger partial charge in [-0.3, -0.25) is 4.79 Å². The van der Waals surface area contributed by atoms with Gasteiger partial charge < -0.3 is 15.6 Å². The van der Waals surface area contributed by atoms with Gasteiger partial charge in [-0.25, -0.2) is 0 Å². The van der Waals surface area contributed by atoms with Crippen LogP contribution in [0.5, 0.6) is 0 Å². The highest BCUT2D eigenvalue weighted by molar-refractivity contribution is 5.75. The fourth-order valence-electron chi connectivity index (χ4n) is 1.20. The first-order valence-electron chi connectivity index (χ1n) is 4.38. The molecule has 1 aromatic heterocycles. The maximum absolute atomic E-state index is 11.2. The fourth-order valence-corrected chi connectivity index (χ4v) is 1.20. The second kappa shape index (κ2) is 4.67. The van der Waals surface area contributed by atoms with Crippen molar-refractivity contribution in [3.63, 3.8) is 0 Å². The number of carbonyl (C=O) groups is 1. The van der Waals surface area contributed by atoms with Crippen molar-refractivity contribution in [2.24, 2.45) is 5.73 Å². The minimum Gasteiger partial charge on any atom is -0.355 e. The summed E-state index contributed by atoms with van der Waals surface area (Å²) in [5.41, 5.74) is 6.47. The third kappa shape index (κ3) is 2.59. The smallest absolute Gasteiger partial charge is 0.239 e. The van der Waals surface area contributed by atoms with E-state index in [1.165, 1.54) is 0 Å². The van der Waals surface area contributed by atoms with Crippen LogP contribution in [0.25, 0.3) is 0 Å². The zero-order chi connectivity index (χ0) is 9.68. The predicted octanol–water partition coefficient (Wildman–Crippen LogP) is 0.0829. The van der Waals surface area contributed by atoms with Crippen LogP contribution in [0.15, 0.2) is 18.3 Å². The van der Waals surface area contributed by atoms with E-state index < -0.39 is 0 Å². The number of aromatic nitrogens is 1. The van der Waals surface area contributed by atoms with Gasteiger partial charge in [-0.2, -0.15) is 0 Å². The highest BCUT2D eigenvalue weighted by Crippen LogP contribution is 2.00. The number of likely N-dealkylation sites (N-methyl/N-ethyl adjacent to an activating group) is 1. The number of hydrogen-bond donors (Lipinski definition) is 2. The Bertz CT molecular complexity index is 280. The first kappa shape index (κ1) is 9.80. The Hall–Kier alpha value is -1.29. The molecular formula is C9H15N3O. The Morgan fingerprint density at radius 3 is 3.08 bits per heavy atom. The maximum atomic E-state index is 11.2. The summed E-state index contributed by atoms with van der Waals surface area (Å²) in [4.78, 5) is 11.2. The lowest BCUT2D eigenvalue weighted by Gasteiger charge is -2.06. The second-order valence-electron chi connectivity index (χ2n) is 2.79. The van der Waals surface area contributed by atoms with Crippen molar-refractivity contribution in [2.45, 2.75) is 20.0 Å². The predicted molar refractivity (Wildman–Crippen MR) is 51.0 cm³/mol. The van der Waals surface area contributed by atoms with Gasteiger partial charge in [0.2, 0.25) is 5.91 Å². The Morgan fingerprint density at radius 1 is 1.69 bits per heavy atom. The molecule has 0 aromatic carbocycles. The van der Waals surface area contributed by atoms with E-state index in [2.05, 4.69) is 5.32 Å². The molecule has 0 saturated carbocycles. The van der Waals surface area contributed by atoms with Crippen molar-refractivity contribution in [1.29, 1.82) is 0 Å². The molecule has 0 radical (unpaired) electrons. The van der Waals surface area contributed by atoms with Gasteiger partial charge in [0, 0.05) is 25.0 Å². The standard InChI is InChI=1S/C9H15N3O/c1-2-11-9(13)7-12-5-3-4-8(12)6-10/h3-5H,2,6-7,10H2,1H3,(H,11,13). The maximum Gasteiger partial charge on any atom is 0.239 e. The van der Waals surface area contributed by atoms with Crippen LogP contribution < -0.4 is 11.1 Å². The van der Waals surface area contributed by atoms with Crippen molar-refractivity contribution in [2.75, 3.05) is 6.54 Å². The van der Waals surface area contributed by atoms with Gasteiger partial charge >= 0.3 is 0 Å². The van der Waals surface area contributed by atoms with Gasteiger partial charge in [-0.1, -0.05) is 0 Å². The monoisotopic (exact) mass is 181 g/mol. The van der Waals surface area contributed by atoms with E-state index in [1.54, 1.807) is 0 Å². The van der Waals surface area contributed by atoms with Crippen LogP contribution in [0.3, 0.4) is 0 Å². The Morgan fingerprint density at radius 2 is 2.46 bits per heavy atom. The number of nitrogens with zero attached hydrogens (tertiary/aromatic N) is 1. The first-order chi connectivity index (χ1) is 6.27. The molecule has 4 heteroatoms. The number of carbonyl (C=O) groups excluding carboxylic acids is 1. The summed E-state index contributed by atoms with van der Waals surface area (Å²) in [7, 11) is 0. The van der Waals surface area contributed by atoms with Crippen molar-refractivity contribution in [3.8, 4) is 0 Å². The molecule has 3 N–H and O–H groups in total. The van der Waals surface area contributed by atoms with Gasteiger partial charge in [0.05, 0.1) is 0 Å². The molecule has 13 heavy (non-hydrogen) atoms. The van der Waals surface area contributed by atoms with Crippen LogP contribution in [-0.4, -0.2) is 17.0 Å². The van der Waals surface area contributed by atoms with E-state index in [9.17, 15) is 4.79 Å². The lowest BCUT2D eigenvalue weighted by Crippen LogP contribution is -2.27. The molecule has 0 fully saturated rings. The molecule has 0 unspecified atom stereocenters. The summed E-state index contributed by atoms with van der Waals surface area (Å²) in [6.07, 6.45) is 1.86. The summed E-state index contributed by atoms with van der Waals surface area (Å²) in [6.45, 7) is 3.38. The van der Waals surface area contributed by atoms with Crippen molar-refractivity contribution < 1.29 is 4.79 Å². The summed E-state index contributed by atoms with van der Waals surface area (Å²) < 4.78 is 1.85. The van der Waals surface area contributed by atoms with Crippen LogP contribution in [0.4, 0.5) is 0 Å². The summed E-state index contributed by atoms with van der Waals surface area (Å²) >= 11 is 0. The van der Waals surface area contributed by atoms with Crippen molar-refractivity contribution in [3.05, 3.63) is 24.0 Å². The number of nitrogens with one attached hydrogen (secondary N) is 1. The molecule has 1 heterocycles. The summed E-state index contributed by atoms with van der Waals surface area (Å²) in [6, 6.07) is 3.81. The molecule has 0 atom stereocenters. The second-order valence-corrected chi connectivity index (χ2v) is 2.79. The van der Waals surface area contributed by atoms with Crippen LogP contribution >= 0.6 is 0 Å². The minimum absolute atomic E-state index is 0.0217. The molecule has 1 aromatic rings. The minimum atomic E-state index is 0.0217. The number of amides is 1. The highest BCUT2D eigenvalue weighted by atomic mass is 16.1. The molecule has 0 saturated heterocycles. The van der Waals surface area contributed by atoms with E-state index in [-0.39, 0.29) is 5.91 Å². The van der Waals surface area contributed by atoms with Gasteiger partial charge in [0.25, 0.3) is 0 Å². The summed E-state index contributed by atoms with van der Waals surface area (Å²) in [5.74, 6) is 0.0217. The van der Waals surface area contributed by atoms with Crippen molar-refractivity contribution >= 4 is 5.91 Å². The molecule has 0 aliphatic rings. The third-order valence-corrected chi connectivity index (χ3v) is 1.82. The normalized spacial score (nSPS) is 10.0. The lowest BCUT2D eigenvalue weighted by molar-refractivity contribution is -0.121. The molecule has 1 rings (SSSR count). The molecule has 4 nitrogen and oxygen atoms in total. The average Bonchev–Trinajstić information content (AvgIpc) is 2.52. The number of rotatable bonds is 4. The number of hydrogen-bond acceptors (Lipinski definition) is 2. The van der Waals surface area contributed by atoms with Crippen LogP contribution in [0, 0.1) is 0 Å². The zero-order valence-electron chi connectivity index (χ0n) is 7.79. The molecule has 1 amide bonds. The van der Waals surface area contributed by atoms with Crippen LogP contribution in [-0.2, 0) is 17.9 Å². The lowest BCUT2D eigenvalue weighted by atomic mass is 10.4. The summed E-state index contributed by atoms with van der Waals surface area (Å²) in [5, 5.41) is 2.73. The van der Waals surface area contributed by atoms with Gasteiger partial charge in [-0.05, 0) is 19.1 Å². The van der Waals surface area contributed by atoms with Gasteiger partial charge in [0.15, 0.2) is 0 Å². The molecule has 0 bridgehead atoms. The van der Waals surface area contributed by atoms with Gasteiger partial charge in [-0.15, -0.1) is 0 Å². The molecule has 0 spiro atoms. The molecule has 72 valence electrons. The molecule has 0 aliphatic heterocycles. The van der Waals surface area contributed by atoms with E-state index in [1.807, 2.05) is 29.8 Å². The van der Waals surface area contributed by atoms with Crippen LogP contribution in [0.1, 0.15) is 12.6 Å². The third-order valence-electron chi connectivity index (χ3n) is 1.82. The largest absolute Gasteiger partial charge is 0.355 e. The first-order valence-corrected chi connectivity index (χ1v) is 4.38. The van der Waals surface area contributed by atoms with Crippen molar-refractivity contribution in [1.82, 2.24) is 9.88 Å². The zero-order valence-corrected chi connectivity index (χ0v) is 7.79. The van der Waals surface area contributed by atoms with E-state index in [4.69, 9.17) is 5.73 Å². The van der Waals surface area contributed by atoms with Crippen LogP contribution in [0.2, 0.25) is 0 Å². The topological polar surface area (TPSA) is 60.0 Å².